The second-order valence-corrected chi connectivity index (χ2v) is 4.81. The summed E-state index contributed by atoms with van der Waals surface area (Å²) in [4.78, 5) is 21.6. The molecular weight excluding hydrogens is 252 g/mol. The van der Waals surface area contributed by atoms with Gasteiger partial charge in [-0.1, -0.05) is 30.9 Å². The molecule has 98 valence electrons. The van der Waals surface area contributed by atoms with E-state index in [2.05, 4.69) is 4.98 Å². The van der Waals surface area contributed by atoms with Gasteiger partial charge in [0.15, 0.2) is 0 Å². The Hall–Kier alpha value is -1.13. The molecule has 1 aromatic rings. The molecule has 18 heavy (non-hydrogen) atoms. The minimum atomic E-state index is -0.206. The van der Waals surface area contributed by atoms with Gasteiger partial charge in [-0.3, -0.25) is 9.63 Å². The van der Waals surface area contributed by atoms with E-state index in [1.807, 2.05) is 0 Å². The van der Waals surface area contributed by atoms with E-state index in [0.717, 1.165) is 25.7 Å². The van der Waals surface area contributed by atoms with Crippen molar-refractivity contribution < 1.29 is 9.63 Å². The maximum atomic E-state index is 12.4. The number of rotatable bonds is 3. The highest BCUT2D eigenvalue weighted by atomic mass is 35.5. The van der Waals surface area contributed by atoms with Crippen molar-refractivity contribution in [3.05, 3.63) is 29.0 Å². The second kappa shape index (κ2) is 6.16. The molecule has 0 spiro atoms. The van der Waals surface area contributed by atoms with Crippen LogP contribution in [0.2, 0.25) is 5.15 Å². The molecule has 0 aliphatic heterocycles. The van der Waals surface area contributed by atoms with Crippen LogP contribution in [-0.4, -0.2) is 29.1 Å². The first-order chi connectivity index (χ1) is 8.74. The Morgan fingerprint density at radius 1 is 1.44 bits per heavy atom. The first-order valence-electron chi connectivity index (χ1n) is 6.22. The molecular formula is C13H17ClN2O2. The Labute approximate surface area is 112 Å². The normalized spacial score (nSPS) is 16.6. The van der Waals surface area contributed by atoms with Gasteiger partial charge in [0, 0.05) is 6.20 Å². The molecule has 2 rings (SSSR count). The van der Waals surface area contributed by atoms with Gasteiger partial charge in [-0.25, -0.2) is 10.0 Å². The Morgan fingerprint density at radius 3 is 2.78 bits per heavy atom. The van der Waals surface area contributed by atoms with E-state index in [9.17, 15) is 4.79 Å². The van der Waals surface area contributed by atoms with Gasteiger partial charge in [-0.2, -0.15) is 0 Å². The minimum Gasteiger partial charge on any atom is -0.274 e. The smallest absolute Gasteiger partial charge is 0.274 e. The van der Waals surface area contributed by atoms with Crippen LogP contribution in [0.5, 0.6) is 0 Å². The zero-order valence-electron chi connectivity index (χ0n) is 10.4. The van der Waals surface area contributed by atoms with E-state index in [1.54, 1.807) is 18.3 Å². The highest BCUT2D eigenvalue weighted by Crippen LogP contribution is 2.25. The van der Waals surface area contributed by atoms with Gasteiger partial charge in [-0.15, -0.1) is 0 Å². The summed E-state index contributed by atoms with van der Waals surface area (Å²) in [5, 5.41) is 1.67. The number of aromatic nitrogens is 1. The van der Waals surface area contributed by atoms with Crippen LogP contribution in [-0.2, 0) is 4.84 Å². The monoisotopic (exact) mass is 268 g/mol. The van der Waals surface area contributed by atoms with Crippen LogP contribution in [0.15, 0.2) is 18.3 Å². The van der Waals surface area contributed by atoms with Crippen LogP contribution in [0.4, 0.5) is 0 Å². The van der Waals surface area contributed by atoms with Gasteiger partial charge >= 0.3 is 0 Å². The molecule has 1 heterocycles. The number of hydroxylamine groups is 2. The Kier molecular flexibility index (Phi) is 4.55. The molecule has 0 atom stereocenters. The fraction of sp³-hybridized carbons (Fsp3) is 0.538. The number of halogens is 1. The molecule has 1 aliphatic carbocycles. The second-order valence-electron chi connectivity index (χ2n) is 4.45. The summed E-state index contributed by atoms with van der Waals surface area (Å²) in [6.07, 6.45) is 7.04. The third-order valence-corrected chi connectivity index (χ3v) is 3.59. The molecule has 5 heteroatoms. The molecule has 0 aromatic carbocycles. The molecule has 1 fully saturated rings. The fourth-order valence-electron chi connectivity index (χ4n) is 2.38. The third kappa shape index (κ3) is 2.82. The van der Waals surface area contributed by atoms with Gasteiger partial charge in [0.2, 0.25) is 0 Å². The van der Waals surface area contributed by atoms with E-state index in [1.165, 1.54) is 18.6 Å². The largest absolute Gasteiger partial charge is 0.280 e. The van der Waals surface area contributed by atoms with Crippen LogP contribution < -0.4 is 0 Å². The van der Waals surface area contributed by atoms with Gasteiger partial charge in [0.05, 0.1) is 18.7 Å². The number of carbonyl (C=O) groups excluding carboxylic acids is 1. The predicted octanol–water partition coefficient (Wildman–Crippen LogP) is 3.07. The molecule has 1 aromatic heterocycles. The summed E-state index contributed by atoms with van der Waals surface area (Å²) >= 11 is 5.94. The van der Waals surface area contributed by atoms with Crippen LogP contribution in [0.1, 0.15) is 42.5 Å². The number of nitrogens with zero attached hydrogens (tertiary/aromatic N) is 2. The molecule has 0 radical (unpaired) electrons. The zero-order valence-corrected chi connectivity index (χ0v) is 11.2. The lowest BCUT2D eigenvalue weighted by atomic mass is 9.95. The molecule has 0 unspecified atom stereocenters. The first kappa shape index (κ1) is 13.3. The summed E-state index contributed by atoms with van der Waals surface area (Å²) < 4.78 is 0. The van der Waals surface area contributed by atoms with Crippen molar-refractivity contribution >= 4 is 17.5 Å². The lowest BCUT2D eigenvalue weighted by molar-refractivity contribution is -0.129. The molecule has 1 amide bonds. The quantitative estimate of drug-likeness (QED) is 0.625. The lowest BCUT2D eigenvalue weighted by Gasteiger charge is -2.32. The first-order valence-corrected chi connectivity index (χ1v) is 6.60. The van der Waals surface area contributed by atoms with Gasteiger partial charge in [0.25, 0.3) is 5.91 Å². The summed E-state index contributed by atoms with van der Waals surface area (Å²) in [5.41, 5.74) is 0.395. The average Bonchev–Trinajstić information content (AvgIpc) is 2.41. The molecule has 0 saturated heterocycles. The molecule has 0 N–H and O–H groups in total. The van der Waals surface area contributed by atoms with E-state index >= 15 is 0 Å². The SMILES string of the molecule is CON(C(=O)c1cccnc1Cl)C1CCCCC1. The standard InChI is InChI=1S/C13H17ClN2O2/c1-18-16(10-6-3-2-4-7-10)13(17)11-8-5-9-15-12(11)14/h5,8-10H,2-4,6-7H2,1H3. The van der Waals surface area contributed by atoms with Crippen LogP contribution >= 0.6 is 11.6 Å². The van der Waals surface area contributed by atoms with Crippen molar-refractivity contribution in [1.29, 1.82) is 0 Å². The van der Waals surface area contributed by atoms with Gasteiger partial charge in [0.1, 0.15) is 5.15 Å². The maximum absolute atomic E-state index is 12.4. The summed E-state index contributed by atoms with van der Waals surface area (Å²) in [5.74, 6) is -0.206. The van der Waals surface area contributed by atoms with E-state index in [4.69, 9.17) is 16.4 Å². The van der Waals surface area contributed by atoms with Crippen molar-refractivity contribution in [3.8, 4) is 0 Å². The van der Waals surface area contributed by atoms with Crippen molar-refractivity contribution in [3.63, 3.8) is 0 Å². The van der Waals surface area contributed by atoms with Crippen LogP contribution in [0.25, 0.3) is 0 Å². The summed E-state index contributed by atoms with van der Waals surface area (Å²) in [7, 11) is 1.52. The lowest BCUT2D eigenvalue weighted by Crippen LogP contribution is -2.40. The van der Waals surface area contributed by atoms with Crippen molar-refractivity contribution in [2.75, 3.05) is 7.11 Å². The molecule has 1 saturated carbocycles. The summed E-state index contributed by atoms with van der Waals surface area (Å²) in [6, 6.07) is 3.52. The van der Waals surface area contributed by atoms with Crippen molar-refractivity contribution in [1.82, 2.24) is 10.0 Å². The number of amides is 1. The minimum absolute atomic E-state index is 0.146. The van der Waals surface area contributed by atoms with Crippen LogP contribution in [0, 0.1) is 0 Å². The Balaban J connectivity index is 2.17. The number of hydrogen-bond acceptors (Lipinski definition) is 3. The third-order valence-electron chi connectivity index (χ3n) is 3.29. The molecule has 4 nitrogen and oxygen atoms in total. The van der Waals surface area contributed by atoms with Gasteiger partial charge < -0.3 is 0 Å². The van der Waals surface area contributed by atoms with Gasteiger partial charge in [-0.05, 0) is 25.0 Å². The Morgan fingerprint density at radius 2 is 2.17 bits per heavy atom. The topological polar surface area (TPSA) is 42.4 Å². The fourth-order valence-corrected chi connectivity index (χ4v) is 2.58. The highest BCUT2D eigenvalue weighted by molar-refractivity contribution is 6.32. The average molecular weight is 269 g/mol. The van der Waals surface area contributed by atoms with E-state index < -0.39 is 0 Å². The zero-order chi connectivity index (χ0) is 13.0. The number of pyridine rings is 1. The highest BCUT2D eigenvalue weighted by Gasteiger charge is 2.27. The number of hydrogen-bond donors (Lipinski definition) is 0. The predicted molar refractivity (Wildman–Crippen MR) is 69.3 cm³/mol. The Bertz CT molecular complexity index is 419. The van der Waals surface area contributed by atoms with E-state index in [-0.39, 0.29) is 17.1 Å². The summed E-state index contributed by atoms with van der Waals surface area (Å²) in [6.45, 7) is 0. The van der Waals surface area contributed by atoms with E-state index in [0.29, 0.717) is 5.56 Å². The molecule has 1 aliphatic rings. The molecule has 0 bridgehead atoms. The maximum Gasteiger partial charge on any atom is 0.280 e. The van der Waals surface area contributed by atoms with Crippen LogP contribution in [0.3, 0.4) is 0 Å². The number of carbonyl (C=O) groups is 1. The van der Waals surface area contributed by atoms with Crippen molar-refractivity contribution in [2.24, 2.45) is 0 Å². The van der Waals surface area contributed by atoms with Crippen molar-refractivity contribution in [2.45, 2.75) is 38.1 Å².